The highest BCUT2D eigenvalue weighted by molar-refractivity contribution is 6.30. The molecule has 3 heteroatoms. The van der Waals surface area contributed by atoms with E-state index in [-0.39, 0.29) is 0 Å². The summed E-state index contributed by atoms with van der Waals surface area (Å²) in [4.78, 5) is 4.03. The molecule has 2 nitrogen and oxygen atoms in total. The lowest BCUT2D eigenvalue weighted by molar-refractivity contribution is 0.279. The molecule has 0 N–H and O–H groups in total. The molecule has 13 heavy (non-hydrogen) atoms. The number of hydrogen-bond acceptors (Lipinski definition) is 2. The molecule has 0 spiro atoms. The summed E-state index contributed by atoms with van der Waals surface area (Å²) in [7, 11) is 0. The van der Waals surface area contributed by atoms with Crippen LogP contribution in [0, 0.1) is 5.92 Å². The van der Waals surface area contributed by atoms with Gasteiger partial charge in [-0.1, -0.05) is 25.4 Å². The third-order valence-corrected chi connectivity index (χ3v) is 1.88. The van der Waals surface area contributed by atoms with Crippen molar-refractivity contribution in [1.82, 2.24) is 4.98 Å². The zero-order chi connectivity index (χ0) is 9.68. The van der Waals surface area contributed by atoms with Crippen molar-refractivity contribution in [3.05, 3.63) is 23.4 Å². The van der Waals surface area contributed by atoms with Crippen molar-refractivity contribution in [2.45, 2.75) is 20.3 Å². The molecule has 0 fully saturated rings. The zero-order valence-corrected chi connectivity index (χ0v) is 8.71. The first-order valence-corrected chi connectivity index (χ1v) is 4.80. The predicted molar refractivity (Wildman–Crippen MR) is 54.2 cm³/mol. The van der Waals surface area contributed by atoms with Crippen LogP contribution in [0.3, 0.4) is 0 Å². The molecule has 0 bridgehead atoms. The summed E-state index contributed by atoms with van der Waals surface area (Å²) in [6.45, 7) is 5.02. The van der Waals surface area contributed by atoms with Gasteiger partial charge < -0.3 is 4.74 Å². The van der Waals surface area contributed by atoms with E-state index in [2.05, 4.69) is 18.8 Å². The molecule has 0 aliphatic carbocycles. The molecule has 0 saturated carbocycles. The second kappa shape index (κ2) is 5.07. The second-order valence-corrected chi connectivity index (χ2v) is 3.78. The minimum absolute atomic E-state index is 0.605. The lowest BCUT2D eigenvalue weighted by Gasteiger charge is -2.06. The van der Waals surface area contributed by atoms with Crippen LogP contribution in [0.2, 0.25) is 5.02 Å². The second-order valence-electron chi connectivity index (χ2n) is 3.34. The average Bonchev–Trinajstić information content (AvgIpc) is 2.03. The quantitative estimate of drug-likeness (QED) is 0.743. The summed E-state index contributed by atoms with van der Waals surface area (Å²) in [6, 6.07) is 3.46. The van der Waals surface area contributed by atoms with Gasteiger partial charge in [-0.15, -0.1) is 0 Å². The van der Waals surface area contributed by atoms with Gasteiger partial charge in [-0.25, -0.2) is 4.98 Å². The molecule has 1 aromatic rings. The maximum Gasteiger partial charge on any atom is 0.214 e. The summed E-state index contributed by atoms with van der Waals surface area (Å²) in [6.07, 6.45) is 2.68. The Labute approximate surface area is 83.9 Å². The van der Waals surface area contributed by atoms with Gasteiger partial charge in [0.2, 0.25) is 5.88 Å². The Morgan fingerprint density at radius 1 is 1.54 bits per heavy atom. The molecule has 0 unspecified atom stereocenters. The van der Waals surface area contributed by atoms with Crippen molar-refractivity contribution in [3.63, 3.8) is 0 Å². The maximum atomic E-state index is 5.77. The lowest BCUT2D eigenvalue weighted by Crippen LogP contribution is -2.02. The first-order valence-electron chi connectivity index (χ1n) is 4.43. The summed E-state index contributed by atoms with van der Waals surface area (Å²) >= 11 is 5.77. The van der Waals surface area contributed by atoms with Crippen LogP contribution in [0.5, 0.6) is 5.88 Å². The Bertz CT molecular complexity index is 263. The SMILES string of the molecule is CC(C)CCOc1cc(Cl)ccn1. The van der Waals surface area contributed by atoms with E-state index in [1.165, 1.54) is 0 Å². The Morgan fingerprint density at radius 3 is 2.92 bits per heavy atom. The third-order valence-electron chi connectivity index (χ3n) is 1.64. The van der Waals surface area contributed by atoms with E-state index in [1.54, 1.807) is 18.3 Å². The third kappa shape index (κ3) is 4.13. The molecule has 0 aromatic carbocycles. The number of nitrogens with zero attached hydrogens (tertiary/aromatic N) is 1. The molecule has 0 atom stereocenters. The topological polar surface area (TPSA) is 22.1 Å². The van der Waals surface area contributed by atoms with Crippen molar-refractivity contribution in [2.75, 3.05) is 6.61 Å². The highest BCUT2D eigenvalue weighted by Crippen LogP contribution is 2.14. The molecular formula is C10H14ClNO. The van der Waals surface area contributed by atoms with E-state index >= 15 is 0 Å². The smallest absolute Gasteiger partial charge is 0.214 e. The number of aromatic nitrogens is 1. The lowest BCUT2D eigenvalue weighted by atomic mass is 10.1. The average molecular weight is 200 g/mol. The van der Waals surface area contributed by atoms with Gasteiger partial charge in [0.15, 0.2) is 0 Å². The van der Waals surface area contributed by atoms with Crippen LogP contribution >= 0.6 is 11.6 Å². The van der Waals surface area contributed by atoms with Gasteiger partial charge in [0.25, 0.3) is 0 Å². The van der Waals surface area contributed by atoms with Crippen molar-refractivity contribution < 1.29 is 4.74 Å². The first-order chi connectivity index (χ1) is 6.18. The van der Waals surface area contributed by atoms with E-state index in [9.17, 15) is 0 Å². The van der Waals surface area contributed by atoms with E-state index < -0.39 is 0 Å². The molecule has 0 aliphatic heterocycles. The number of hydrogen-bond donors (Lipinski definition) is 0. The fourth-order valence-corrected chi connectivity index (χ4v) is 1.01. The van der Waals surface area contributed by atoms with E-state index in [0.717, 1.165) is 6.42 Å². The molecule has 0 radical (unpaired) electrons. The number of rotatable bonds is 4. The van der Waals surface area contributed by atoms with E-state index in [0.29, 0.717) is 23.4 Å². The Hall–Kier alpha value is -0.760. The van der Waals surface area contributed by atoms with Crippen LogP contribution in [0.1, 0.15) is 20.3 Å². The number of ether oxygens (including phenoxy) is 1. The number of pyridine rings is 1. The Morgan fingerprint density at radius 2 is 2.31 bits per heavy atom. The summed E-state index contributed by atoms with van der Waals surface area (Å²) in [5, 5.41) is 0.662. The fourth-order valence-electron chi connectivity index (χ4n) is 0.863. The molecule has 0 amide bonds. The Balaban J connectivity index is 2.37. The van der Waals surface area contributed by atoms with Gasteiger partial charge in [0, 0.05) is 17.3 Å². The monoisotopic (exact) mass is 199 g/mol. The molecule has 72 valence electrons. The highest BCUT2D eigenvalue weighted by Gasteiger charge is 1.97. The van der Waals surface area contributed by atoms with Crippen LogP contribution in [0.4, 0.5) is 0 Å². The maximum absolute atomic E-state index is 5.77. The zero-order valence-electron chi connectivity index (χ0n) is 7.96. The molecule has 1 rings (SSSR count). The van der Waals surface area contributed by atoms with Crippen LogP contribution in [-0.2, 0) is 0 Å². The van der Waals surface area contributed by atoms with Crippen LogP contribution in [-0.4, -0.2) is 11.6 Å². The fraction of sp³-hybridized carbons (Fsp3) is 0.500. The predicted octanol–water partition coefficient (Wildman–Crippen LogP) is 3.16. The molecule has 1 aromatic heterocycles. The van der Waals surface area contributed by atoms with Gasteiger partial charge in [0.1, 0.15) is 0 Å². The van der Waals surface area contributed by atoms with E-state index in [1.807, 2.05) is 0 Å². The molecule has 1 heterocycles. The van der Waals surface area contributed by atoms with Crippen LogP contribution in [0.25, 0.3) is 0 Å². The van der Waals surface area contributed by atoms with Crippen molar-refractivity contribution in [2.24, 2.45) is 5.92 Å². The summed E-state index contributed by atoms with van der Waals surface area (Å²) < 4.78 is 5.40. The standard InChI is InChI=1S/C10H14ClNO/c1-8(2)4-6-13-10-7-9(11)3-5-12-10/h3,5,7-8H,4,6H2,1-2H3. The number of halogens is 1. The molecular weight excluding hydrogens is 186 g/mol. The van der Waals surface area contributed by atoms with Crippen molar-refractivity contribution in [3.8, 4) is 5.88 Å². The largest absolute Gasteiger partial charge is 0.478 e. The van der Waals surface area contributed by atoms with Gasteiger partial charge in [-0.05, 0) is 18.4 Å². The van der Waals surface area contributed by atoms with Crippen LogP contribution < -0.4 is 4.74 Å². The van der Waals surface area contributed by atoms with Crippen molar-refractivity contribution in [1.29, 1.82) is 0 Å². The summed E-state index contributed by atoms with van der Waals surface area (Å²) in [5.74, 6) is 1.26. The Kier molecular flexibility index (Phi) is 4.03. The van der Waals surface area contributed by atoms with Crippen LogP contribution in [0.15, 0.2) is 18.3 Å². The molecule has 0 aliphatic rings. The van der Waals surface area contributed by atoms with Crippen molar-refractivity contribution >= 4 is 11.6 Å². The normalized spacial score (nSPS) is 10.5. The van der Waals surface area contributed by atoms with Gasteiger partial charge >= 0.3 is 0 Å². The van der Waals surface area contributed by atoms with E-state index in [4.69, 9.17) is 16.3 Å². The minimum Gasteiger partial charge on any atom is -0.478 e. The minimum atomic E-state index is 0.605. The highest BCUT2D eigenvalue weighted by atomic mass is 35.5. The van der Waals surface area contributed by atoms with Gasteiger partial charge in [0.05, 0.1) is 6.61 Å². The summed E-state index contributed by atoms with van der Waals surface area (Å²) in [5.41, 5.74) is 0. The molecule has 0 saturated heterocycles. The van der Waals surface area contributed by atoms with Gasteiger partial charge in [-0.3, -0.25) is 0 Å². The van der Waals surface area contributed by atoms with Gasteiger partial charge in [-0.2, -0.15) is 0 Å². The first kappa shape index (κ1) is 10.3.